The van der Waals surface area contributed by atoms with Crippen LogP contribution in [0.3, 0.4) is 0 Å². The van der Waals surface area contributed by atoms with Crippen LogP contribution in [0.4, 0.5) is 0 Å². The maximum absolute atomic E-state index is 11.8. The van der Waals surface area contributed by atoms with Crippen molar-refractivity contribution in [1.29, 1.82) is 0 Å². The standard InChI is InChI=1S/C17H13NO3S2/c19-15-14(12-9-5-2-6-10-12)23-17(22)18(15)13(16(20)21)11-7-3-1-4-8-11/h1-10,13,19H,(H,20,21). The van der Waals surface area contributed by atoms with Crippen molar-refractivity contribution < 1.29 is 15.0 Å². The molecule has 0 amide bonds. The van der Waals surface area contributed by atoms with Gasteiger partial charge in [-0.2, -0.15) is 0 Å². The molecule has 6 heteroatoms. The van der Waals surface area contributed by atoms with E-state index in [2.05, 4.69) is 0 Å². The number of carboxylic acid groups (broad SMARTS) is 1. The number of thiazole rings is 1. The van der Waals surface area contributed by atoms with Gasteiger partial charge in [0.05, 0.1) is 4.88 Å². The van der Waals surface area contributed by atoms with E-state index >= 15 is 0 Å². The van der Waals surface area contributed by atoms with Gasteiger partial charge in [-0.3, -0.25) is 4.57 Å². The number of carboxylic acids is 1. The van der Waals surface area contributed by atoms with Crippen molar-refractivity contribution in [3.63, 3.8) is 0 Å². The molecule has 0 fully saturated rings. The Morgan fingerprint density at radius 1 is 1.04 bits per heavy atom. The maximum Gasteiger partial charge on any atom is 0.331 e. The summed E-state index contributed by atoms with van der Waals surface area (Å²) in [5, 5.41) is 20.2. The van der Waals surface area contributed by atoms with Crippen LogP contribution in [-0.2, 0) is 4.79 Å². The Balaban J connectivity index is 2.18. The van der Waals surface area contributed by atoms with Crippen LogP contribution in [0.1, 0.15) is 11.6 Å². The number of aromatic nitrogens is 1. The first-order valence-electron chi connectivity index (χ1n) is 6.87. The molecule has 0 aliphatic heterocycles. The Morgan fingerprint density at radius 2 is 1.61 bits per heavy atom. The van der Waals surface area contributed by atoms with Gasteiger partial charge < -0.3 is 10.2 Å². The maximum atomic E-state index is 11.8. The van der Waals surface area contributed by atoms with Crippen LogP contribution in [0.25, 0.3) is 10.4 Å². The zero-order valence-corrected chi connectivity index (χ0v) is 13.6. The molecule has 0 saturated heterocycles. The number of aliphatic carboxylic acids is 1. The Labute approximate surface area is 141 Å². The monoisotopic (exact) mass is 343 g/mol. The highest BCUT2D eigenvalue weighted by atomic mass is 32.1. The van der Waals surface area contributed by atoms with Crippen LogP contribution in [0.2, 0.25) is 0 Å². The van der Waals surface area contributed by atoms with Gasteiger partial charge in [0.1, 0.15) is 0 Å². The molecule has 2 aromatic carbocycles. The van der Waals surface area contributed by atoms with Crippen LogP contribution in [0, 0.1) is 3.95 Å². The predicted molar refractivity (Wildman–Crippen MR) is 92.5 cm³/mol. The molecule has 0 aliphatic rings. The quantitative estimate of drug-likeness (QED) is 0.692. The highest BCUT2D eigenvalue weighted by Gasteiger charge is 2.27. The number of nitrogens with zero attached hydrogens (tertiary/aromatic N) is 1. The van der Waals surface area contributed by atoms with Crippen molar-refractivity contribution in [1.82, 2.24) is 4.57 Å². The average molecular weight is 343 g/mol. The van der Waals surface area contributed by atoms with Gasteiger partial charge >= 0.3 is 5.97 Å². The van der Waals surface area contributed by atoms with Gasteiger partial charge in [0.2, 0.25) is 5.88 Å². The minimum atomic E-state index is -1.07. The van der Waals surface area contributed by atoms with Gasteiger partial charge in [-0.15, -0.1) is 11.3 Å². The lowest BCUT2D eigenvalue weighted by atomic mass is 10.1. The van der Waals surface area contributed by atoms with Crippen molar-refractivity contribution in [2.75, 3.05) is 0 Å². The third kappa shape index (κ3) is 2.91. The molecule has 0 spiro atoms. The van der Waals surface area contributed by atoms with Gasteiger partial charge in [0.15, 0.2) is 10.00 Å². The number of rotatable bonds is 4. The lowest BCUT2D eigenvalue weighted by Gasteiger charge is -2.15. The summed E-state index contributed by atoms with van der Waals surface area (Å²) in [6, 6.07) is 17.0. The molecule has 1 heterocycles. The molecule has 0 bridgehead atoms. The van der Waals surface area contributed by atoms with Crippen LogP contribution in [0.15, 0.2) is 60.7 Å². The van der Waals surface area contributed by atoms with Crippen molar-refractivity contribution >= 4 is 29.5 Å². The molecule has 3 rings (SSSR count). The van der Waals surface area contributed by atoms with Crippen molar-refractivity contribution in [3.05, 3.63) is 70.2 Å². The van der Waals surface area contributed by atoms with E-state index in [4.69, 9.17) is 12.2 Å². The third-order valence-electron chi connectivity index (χ3n) is 3.46. The molecule has 2 N–H and O–H groups in total. The van der Waals surface area contributed by atoms with Crippen LogP contribution >= 0.6 is 23.6 Å². The van der Waals surface area contributed by atoms with Crippen LogP contribution in [0.5, 0.6) is 5.88 Å². The minimum absolute atomic E-state index is 0.123. The Bertz CT molecular complexity index is 885. The number of carbonyl (C=O) groups is 1. The summed E-state index contributed by atoms with van der Waals surface area (Å²) in [5.74, 6) is -1.19. The second-order valence-electron chi connectivity index (χ2n) is 4.91. The molecular formula is C17H13NO3S2. The Kier molecular flexibility index (Phi) is 4.27. The molecular weight excluding hydrogens is 330 g/mol. The summed E-state index contributed by atoms with van der Waals surface area (Å²) in [4.78, 5) is 12.3. The van der Waals surface area contributed by atoms with Crippen molar-refractivity contribution in [3.8, 4) is 16.3 Å². The molecule has 0 saturated carbocycles. The van der Waals surface area contributed by atoms with E-state index in [1.165, 1.54) is 15.9 Å². The average Bonchev–Trinajstić information content (AvgIpc) is 2.85. The number of hydrogen-bond acceptors (Lipinski definition) is 4. The topological polar surface area (TPSA) is 62.5 Å². The lowest BCUT2D eigenvalue weighted by molar-refractivity contribution is -0.139. The fourth-order valence-corrected chi connectivity index (χ4v) is 3.77. The smallest absolute Gasteiger partial charge is 0.331 e. The fraction of sp³-hybridized carbons (Fsp3) is 0.0588. The highest BCUT2D eigenvalue weighted by molar-refractivity contribution is 7.73. The second-order valence-corrected chi connectivity index (χ2v) is 6.55. The lowest BCUT2D eigenvalue weighted by Crippen LogP contribution is -2.20. The van der Waals surface area contributed by atoms with E-state index in [0.29, 0.717) is 14.4 Å². The van der Waals surface area contributed by atoms with Crippen LogP contribution in [-0.4, -0.2) is 20.7 Å². The Morgan fingerprint density at radius 3 is 2.17 bits per heavy atom. The molecule has 23 heavy (non-hydrogen) atoms. The summed E-state index contributed by atoms with van der Waals surface area (Å²) in [5.41, 5.74) is 1.36. The zero-order valence-electron chi connectivity index (χ0n) is 11.9. The highest BCUT2D eigenvalue weighted by Crippen LogP contribution is 2.39. The van der Waals surface area contributed by atoms with E-state index in [0.717, 1.165) is 5.56 Å². The molecule has 1 aromatic heterocycles. The molecule has 1 atom stereocenters. The largest absolute Gasteiger partial charge is 0.493 e. The van der Waals surface area contributed by atoms with Gasteiger partial charge in [0, 0.05) is 0 Å². The van der Waals surface area contributed by atoms with E-state index in [-0.39, 0.29) is 5.88 Å². The van der Waals surface area contributed by atoms with Gasteiger partial charge in [-0.25, -0.2) is 4.79 Å². The SMILES string of the molecule is O=C(O)C(c1ccccc1)n1c(O)c(-c2ccccc2)sc1=S. The van der Waals surface area contributed by atoms with Crippen molar-refractivity contribution in [2.45, 2.75) is 6.04 Å². The van der Waals surface area contributed by atoms with E-state index in [1.54, 1.807) is 24.3 Å². The first-order chi connectivity index (χ1) is 11.1. The first kappa shape index (κ1) is 15.5. The number of benzene rings is 2. The van der Waals surface area contributed by atoms with Gasteiger partial charge in [-0.1, -0.05) is 60.7 Å². The number of hydrogen-bond donors (Lipinski definition) is 2. The molecule has 0 radical (unpaired) electrons. The van der Waals surface area contributed by atoms with Crippen molar-refractivity contribution in [2.24, 2.45) is 0 Å². The van der Waals surface area contributed by atoms with E-state index in [1.807, 2.05) is 36.4 Å². The summed E-state index contributed by atoms with van der Waals surface area (Å²) >= 11 is 6.51. The van der Waals surface area contributed by atoms with E-state index < -0.39 is 12.0 Å². The summed E-state index contributed by atoms with van der Waals surface area (Å²) in [6.45, 7) is 0. The predicted octanol–water partition coefficient (Wildman–Crippen LogP) is 4.33. The summed E-state index contributed by atoms with van der Waals surface area (Å²) in [7, 11) is 0. The van der Waals surface area contributed by atoms with Crippen LogP contribution < -0.4 is 0 Å². The van der Waals surface area contributed by atoms with E-state index in [9.17, 15) is 15.0 Å². The summed E-state index contributed by atoms with van der Waals surface area (Å²) < 4.78 is 1.61. The molecule has 0 aliphatic carbocycles. The fourth-order valence-electron chi connectivity index (χ4n) is 2.42. The zero-order chi connectivity index (χ0) is 16.4. The van der Waals surface area contributed by atoms with Gasteiger partial charge in [0.25, 0.3) is 0 Å². The first-order valence-corrected chi connectivity index (χ1v) is 8.09. The summed E-state index contributed by atoms with van der Waals surface area (Å²) in [6.07, 6.45) is 0. The minimum Gasteiger partial charge on any atom is -0.493 e. The molecule has 116 valence electrons. The number of aromatic hydroxyl groups is 1. The third-order valence-corrected chi connectivity index (χ3v) is 4.90. The molecule has 3 aromatic rings. The Hall–Kier alpha value is -2.44. The second kappa shape index (κ2) is 6.36. The molecule has 1 unspecified atom stereocenters. The van der Waals surface area contributed by atoms with Gasteiger partial charge in [-0.05, 0) is 23.3 Å². The normalized spacial score (nSPS) is 12.0. The molecule has 4 nitrogen and oxygen atoms in total.